The van der Waals surface area contributed by atoms with Crippen molar-refractivity contribution in [1.29, 1.82) is 0 Å². The van der Waals surface area contributed by atoms with Gasteiger partial charge in [-0.2, -0.15) is 0 Å². The van der Waals surface area contributed by atoms with E-state index >= 15 is 0 Å². The van der Waals surface area contributed by atoms with Gasteiger partial charge >= 0.3 is 0 Å². The fourth-order valence-corrected chi connectivity index (χ4v) is 3.25. The van der Waals surface area contributed by atoms with Gasteiger partial charge in [0.1, 0.15) is 5.75 Å². The predicted molar refractivity (Wildman–Crippen MR) is 104 cm³/mol. The Bertz CT molecular complexity index is 703. The Kier molecular flexibility index (Phi) is 5.82. The Morgan fingerprint density at radius 1 is 1.08 bits per heavy atom. The van der Waals surface area contributed by atoms with Crippen LogP contribution >= 0.6 is 11.6 Å². The second kappa shape index (κ2) is 8.07. The zero-order valence-electron chi connectivity index (χ0n) is 15.2. The summed E-state index contributed by atoms with van der Waals surface area (Å²) < 4.78 is 5.83. The van der Waals surface area contributed by atoms with Gasteiger partial charge in [-0.3, -0.25) is 4.90 Å². The third kappa shape index (κ3) is 4.65. The molecule has 5 heteroatoms. The maximum atomic E-state index is 6.05. The second-order valence-corrected chi connectivity index (χ2v) is 7.25. The molecule has 25 heavy (non-hydrogen) atoms. The van der Waals surface area contributed by atoms with Crippen molar-refractivity contribution < 1.29 is 4.74 Å². The molecule has 0 spiro atoms. The van der Waals surface area contributed by atoms with E-state index in [1.807, 2.05) is 37.4 Å². The Morgan fingerprint density at radius 3 is 2.60 bits per heavy atom. The lowest BCUT2D eigenvalue weighted by Gasteiger charge is -2.25. The average Bonchev–Trinajstić information content (AvgIpc) is 2.85. The van der Waals surface area contributed by atoms with Crippen molar-refractivity contribution in [2.75, 3.05) is 31.1 Å². The minimum absolute atomic E-state index is 0.601. The van der Waals surface area contributed by atoms with Crippen LogP contribution in [0, 0.1) is 6.92 Å². The Hall–Kier alpha value is -1.78. The minimum atomic E-state index is 0.601. The highest BCUT2D eigenvalue weighted by Crippen LogP contribution is 2.26. The van der Waals surface area contributed by atoms with E-state index in [4.69, 9.17) is 16.3 Å². The van der Waals surface area contributed by atoms with Crippen molar-refractivity contribution in [2.24, 2.45) is 0 Å². The van der Waals surface area contributed by atoms with Crippen LogP contribution in [0.15, 0.2) is 36.5 Å². The third-order valence-corrected chi connectivity index (χ3v) is 5.12. The monoisotopic (exact) mass is 359 g/mol. The molecule has 1 saturated heterocycles. The molecule has 4 nitrogen and oxygen atoms in total. The minimum Gasteiger partial charge on any atom is -0.439 e. The van der Waals surface area contributed by atoms with Crippen molar-refractivity contribution in [3.05, 3.63) is 47.1 Å². The number of ether oxygens (including phenoxy) is 1. The van der Waals surface area contributed by atoms with Crippen LogP contribution in [0.1, 0.15) is 25.8 Å². The summed E-state index contributed by atoms with van der Waals surface area (Å²) in [5.74, 6) is 1.36. The van der Waals surface area contributed by atoms with Crippen LogP contribution in [0.3, 0.4) is 0 Å². The first-order valence-electron chi connectivity index (χ1n) is 8.92. The number of hydrogen-bond acceptors (Lipinski definition) is 4. The van der Waals surface area contributed by atoms with Crippen molar-refractivity contribution in [2.45, 2.75) is 33.2 Å². The van der Waals surface area contributed by atoms with Gasteiger partial charge in [-0.1, -0.05) is 11.6 Å². The molecular formula is C20H26ClN3O. The molecule has 0 bridgehead atoms. The van der Waals surface area contributed by atoms with Crippen LogP contribution in [-0.4, -0.2) is 42.1 Å². The fraction of sp³-hybridized carbons (Fsp3) is 0.450. The molecular weight excluding hydrogens is 334 g/mol. The molecule has 1 aromatic carbocycles. The summed E-state index contributed by atoms with van der Waals surface area (Å²) in [6.07, 6.45) is 3.09. The van der Waals surface area contributed by atoms with Gasteiger partial charge in [-0.15, -0.1) is 0 Å². The molecule has 2 aromatic rings. The second-order valence-electron chi connectivity index (χ2n) is 6.84. The first-order valence-corrected chi connectivity index (χ1v) is 9.30. The molecule has 0 radical (unpaired) electrons. The SMILES string of the molecule is Cc1cc(Oc2ccc(N3CCCN(C(C)C)CC3)cn2)ccc1Cl. The molecule has 0 aliphatic carbocycles. The van der Waals surface area contributed by atoms with Crippen LogP contribution in [0.25, 0.3) is 0 Å². The summed E-state index contributed by atoms with van der Waals surface area (Å²) >= 11 is 6.05. The summed E-state index contributed by atoms with van der Waals surface area (Å²) in [6, 6.07) is 10.3. The maximum absolute atomic E-state index is 6.05. The van der Waals surface area contributed by atoms with Gasteiger partial charge in [-0.05, 0) is 57.0 Å². The van der Waals surface area contributed by atoms with E-state index in [1.165, 1.54) is 13.0 Å². The van der Waals surface area contributed by atoms with E-state index in [0.717, 1.165) is 41.7 Å². The molecule has 0 unspecified atom stereocenters. The summed E-state index contributed by atoms with van der Waals surface area (Å²) in [5, 5.41) is 0.743. The molecule has 1 fully saturated rings. The molecule has 1 aromatic heterocycles. The highest BCUT2D eigenvalue weighted by atomic mass is 35.5. The number of nitrogens with zero attached hydrogens (tertiary/aromatic N) is 3. The topological polar surface area (TPSA) is 28.6 Å². The van der Waals surface area contributed by atoms with Crippen molar-refractivity contribution in [3.63, 3.8) is 0 Å². The normalized spacial score (nSPS) is 16.1. The highest BCUT2D eigenvalue weighted by Gasteiger charge is 2.17. The first kappa shape index (κ1) is 18.0. The number of anilines is 1. The van der Waals surface area contributed by atoms with E-state index < -0.39 is 0 Å². The Balaban J connectivity index is 1.64. The largest absolute Gasteiger partial charge is 0.439 e. The zero-order valence-corrected chi connectivity index (χ0v) is 16.0. The van der Waals surface area contributed by atoms with Crippen LogP contribution < -0.4 is 9.64 Å². The zero-order chi connectivity index (χ0) is 17.8. The summed E-state index contributed by atoms with van der Waals surface area (Å²) in [4.78, 5) is 9.42. The first-order chi connectivity index (χ1) is 12.0. The number of aryl methyl sites for hydroxylation is 1. The van der Waals surface area contributed by atoms with Gasteiger partial charge in [0.2, 0.25) is 5.88 Å². The van der Waals surface area contributed by atoms with Gasteiger partial charge in [0, 0.05) is 43.3 Å². The maximum Gasteiger partial charge on any atom is 0.219 e. The number of pyridine rings is 1. The van der Waals surface area contributed by atoms with Gasteiger partial charge in [0.05, 0.1) is 11.9 Å². The van der Waals surface area contributed by atoms with Crippen LogP contribution in [0.5, 0.6) is 11.6 Å². The molecule has 1 aliphatic rings. The lowest BCUT2D eigenvalue weighted by atomic mass is 10.2. The molecule has 0 saturated carbocycles. The lowest BCUT2D eigenvalue weighted by Crippen LogP contribution is -2.35. The van der Waals surface area contributed by atoms with E-state index in [9.17, 15) is 0 Å². The molecule has 1 aliphatic heterocycles. The number of rotatable bonds is 4. The van der Waals surface area contributed by atoms with Gasteiger partial charge < -0.3 is 9.64 Å². The lowest BCUT2D eigenvalue weighted by molar-refractivity contribution is 0.238. The standard InChI is InChI=1S/C20H26ClN3O/c1-15(2)23-9-4-10-24(12-11-23)17-5-8-20(22-14-17)25-18-6-7-19(21)16(3)13-18/h5-8,13-15H,4,9-12H2,1-3H3. The van der Waals surface area contributed by atoms with E-state index in [0.29, 0.717) is 11.9 Å². The highest BCUT2D eigenvalue weighted by molar-refractivity contribution is 6.31. The molecule has 2 heterocycles. The smallest absolute Gasteiger partial charge is 0.219 e. The average molecular weight is 360 g/mol. The van der Waals surface area contributed by atoms with Gasteiger partial charge in [0.25, 0.3) is 0 Å². The third-order valence-electron chi connectivity index (χ3n) is 4.70. The number of hydrogen-bond donors (Lipinski definition) is 0. The number of benzene rings is 1. The predicted octanol–water partition coefficient (Wildman–Crippen LogP) is 4.76. The van der Waals surface area contributed by atoms with E-state index in [2.05, 4.69) is 34.7 Å². The van der Waals surface area contributed by atoms with Crippen LogP contribution in [-0.2, 0) is 0 Å². The molecule has 0 amide bonds. The number of aromatic nitrogens is 1. The quantitative estimate of drug-likeness (QED) is 0.787. The summed E-state index contributed by atoms with van der Waals surface area (Å²) in [5.41, 5.74) is 2.15. The van der Waals surface area contributed by atoms with Crippen LogP contribution in [0.4, 0.5) is 5.69 Å². The van der Waals surface area contributed by atoms with Crippen molar-refractivity contribution in [3.8, 4) is 11.6 Å². The summed E-state index contributed by atoms with van der Waals surface area (Å²) in [7, 11) is 0. The fourth-order valence-electron chi connectivity index (χ4n) is 3.13. The van der Waals surface area contributed by atoms with Crippen LogP contribution in [0.2, 0.25) is 5.02 Å². The molecule has 134 valence electrons. The van der Waals surface area contributed by atoms with E-state index in [-0.39, 0.29) is 0 Å². The van der Waals surface area contributed by atoms with E-state index in [1.54, 1.807) is 0 Å². The van der Waals surface area contributed by atoms with Gasteiger partial charge in [-0.25, -0.2) is 4.98 Å². The molecule has 3 rings (SSSR count). The number of halogens is 1. The van der Waals surface area contributed by atoms with Gasteiger partial charge in [0.15, 0.2) is 0 Å². The molecule has 0 N–H and O–H groups in total. The Labute approximate surface area is 155 Å². The van der Waals surface area contributed by atoms with Crippen molar-refractivity contribution >= 4 is 17.3 Å². The molecule has 0 atom stereocenters. The summed E-state index contributed by atoms with van der Waals surface area (Å²) in [6.45, 7) is 10.9. The van der Waals surface area contributed by atoms with Crippen molar-refractivity contribution in [1.82, 2.24) is 9.88 Å². The Morgan fingerprint density at radius 2 is 1.92 bits per heavy atom.